The Balaban J connectivity index is 2.97. The van der Waals surface area contributed by atoms with Crippen LogP contribution in [0.2, 0.25) is 5.15 Å². The molecule has 94 valence electrons. The molecule has 0 amide bonds. The zero-order valence-corrected chi connectivity index (χ0v) is 9.05. The highest BCUT2D eigenvalue weighted by molar-refractivity contribution is 6.30. The van der Waals surface area contributed by atoms with E-state index in [2.05, 4.69) is 14.7 Å². The number of nitrogens with zero attached hydrogens (tertiary/aromatic N) is 2. The lowest BCUT2D eigenvalue weighted by molar-refractivity contribution is -0.141. The predicted molar refractivity (Wildman–Crippen MR) is 52.2 cm³/mol. The Morgan fingerprint density at radius 3 is 2.59 bits per heavy atom. The molecular formula is C8H7ClF3N3O2. The summed E-state index contributed by atoms with van der Waals surface area (Å²) in [5, 5.41) is -0.784. The molecule has 0 atom stereocenters. The molecule has 0 saturated carbocycles. The van der Waals surface area contributed by atoms with Crippen molar-refractivity contribution in [3.63, 3.8) is 0 Å². The predicted octanol–water partition coefficient (Wildman–Crippen LogP) is 1.45. The van der Waals surface area contributed by atoms with E-state index < -0.39 is 22.8 Å². The highest BCUT2D eigenvalue weighted by Gasteiger charge is 2.36. The van der Waals surface area contributed by atoms with E-state index in [1.165, 1.54) is 0 Å². The molecule has 9 heteroatoms. The zero-order chi connectivity index (χ0) is 13.1. The molecule has 0 fully saturated rings. The molecule has 0 radical (unpaired) electrons. The lowest BCUT2D eigenvalue weighted by Gasteiger charge is -2.10. The molecule has 0 aromatic carbocycles. The molecule has 0 saturated heterocycles. The molecule has 2 N–H and O–H groups in total. The standard InChI is InChI=1S/C8H7ClF3N3O2/c9-6-5(8(10,11)12)15-7(13)4(14-6)1-2-17-3-16/h3H,1-2H2,(H2,13,15). The van der Waals surface area contributed by atoms with Crippen LogP contribution in [0.1, 0.15) is 11.4 Å². The number of aromatic nitrogens is 2. The minimum absolute atomic E-state index is 0.0371. The zero-order valence-electron chi connectivity index (χ0n) is 8.29. The second kappa shape index (κ2) is 5.17. The van der Waals surface area contributed by atoms with Gasteiger partial charge in [-0.2, -0.15) is 13.2 Å². The summed E-state index contributed by atoms with van der Waals surface area (Å²) in [7, 11) is 0. The van der Waals surface area contributed by atoms with Gasteiger partial charge in [-0.15, -0.1) is 0 Å². The van der Waals surface area contributed by atoms with Crippen molar-refractivity contribution >= 4 is 23.9 Å². The summed E-state index contributed by atoms with van der Waals surface area (Å²) in [6.45, 7) is 0.138. The SMILES string of the molecule is Nc1nc(C(F)(F)F)c(Cl)nc1CCOC=O. The Bertz CT molecular complexity index is 425. The Labute approximate surface area is 98.7 Å². The van der Waals surface area contributed by atoms with Crippen LogP contribution in [0, 0.1) is 0 Å². The minimum atomic E-state index is -4.71. The molecule has 1 rings (SSSR count). The first kappa shape index (κ1) is 13.5. The largest absolute Gasteiger partial charge is 0.467 e. The van der Waals surface area contributed by atoms with Gasteiger partial charge >= 0.3 is 6.18 Å². The molecule has 0 bridgehead atoms. The number of halogens is 4. The Morgan fingerprint density at radius 2 is 2.06 bits per heavy atom. The molecule has 17 heavy (non-hydrogen) atoms. The molecule has 1 aromatic rings. The monoisotopic (exact) mass is 269 g/mol. The van der Waals surface area contributed by atoms with Crippen molar-refractivity contribution in [2.24, 2.45) is 0 Å². The summed E-state index contributed by atoms with van der Waals surface area (Å²) in [5.74, 6) is -0.392. The number of nitrogens with two attached hydrogens (primary N) is 1. The number of hydrogen-bond acceptors (Lipinski definition) is 5. The second-order valence-corrected chi connectivity index (χ2v) is 3.27. The number of alkyl halides is 3. The van der Waals surface area contributed by atoms with E-state index in [1.54, 1.807) is 0 Å². The van der Waals surface area contributed by atoms with E-state index in [4.69, 9.17) is 17.3 Å². The summed E-state index contributed by atoms with van der Waals surface area (Å²) in [4.78, 5) is 16.5. The number of carbonyl (C=O) groups is 1. The maximum Gasteiger partial charge on any atom is 0.436 e. The molecule has 0 unspecified atom stereocenters. The van der Waals surface area contributed by atoms with E-state index >= 15 is 0 Å². The van der Waals surface area contributed by atoms with Gasteiger partial charge in [0.2, 0.25) is 0 Å². The normalized spacial score (nSPS) is 11.3. The minimum Gasteiger partial charge on any atom is -0.467 e. The second-order valence-electron chi connectivity index (χ2n) is 2.91. The fourth-order valence-electron chi connectivity index (χ4n) is 1.03. The summed E-state index contributed by atoms with van der Waals surface area (Å²) in [6, 6.07) is 0. The van der Waals surface area contributed by atoms with Crippen LogP contribution in [0.5, 0.6) is 0 Å². The van der Waals surface area contributed by atoms with Crippen LogP contribution >= 0.6 is 11.6 Å². The number of hydrogen-bond donors (Lipinski definition) is 1. The Morgan fingerprint density at radius 1 is 1.41 bits per heavy atom. The molecule has 1 heterocycles. The summed E-state index contributed by atoms with van der Waals surface area (Å²) in [6.07, 6.45) is -4.68. The van der Waals surface area contributed by atoms with E-state index in [-0.39, 0.29) is 25.2 Å². The number of anilines is 1. The van der Waals surface area contributed by atoms with Crippen LogP contribution in [0.15, 0.2) is 0 Å². The summed E-state index contributed by atoms with van der Waals surface area (Å²) < 4.78 is 41.4. The van der Waals surface area contributed by atoms with E-state index in [9.17, 15) is 18.0 Å². The van der Waals surface area contributed by atoms with Gasteiger partial charge in [0, 0.05) is 6.42 Å². The third-order valence-electron chi connectivity index (χ3n) is 1.75. The third kappa shape index (κ3) is 3.45. The van der Waals surface area contributed by atoms with Gasteiger partial charge in [0.25, 0.3) is 6.47 Å². The lowest BCUT2D eigenvalue weighted by atomic mass is 10.3. The maximum absolute atomic E-state index is 12.4. The van der Waals surface area contributed by atoms with Gasteiger partial charge < -0.3 is 10.5 Å². The molecular weight excluding hydrogens is 263 g/mol. The first-order valence-corrected chi connectivity index (χ1v) is 4.68. The average Bonchev–Trinajstić information content (AvgIpc) is 2.21. The summed E-state index contributed by atoms with van der Waals surface area (Å²) in [5.41, 5.74) is 4.00. The highest BCUT2D eigenvalue weighted by atomic mass is 35.5. The lowest BCUT2D eigenvalue weighted by Crippen LogP contribution is -2.14. The first-order valence-electron chi connectivity index (χ1n) is 4.30. The van der Waals surface area contributed by atoms with Crippen molar-refractivity contribution in [1.29, 1.82) is 0 Å². The number of nitrogen functional groups attached to an aromatic ring is 1. The van der Waals surface area contributed by atoms with Crippen molar-refractivity contribution in [2.45, 2.75) is 12.6 Å². The van der Waals surface area contributed by atoms with E-state index in [0.29, 0.717) is 0 Å². The van der Waals surface area contributed by atoms with Gasteiger partial charge in [0.1, 0.15) is 5.82 Å². The van der Waals surface area contributed by atoms with Gasteiger partial charge in [0.05, 0.1) is 12.3 Å². The van der Waals surface area contributed by atoms with Gasteiger partial charge in [-0.1, -0.05) is 11.6 Å². The van der Waals surface area contributed by atoms with Crippen molar-refractivity contribution in [2.75, 3.05) is 12.3 Å². The fraction of sp³-hybridized carbons (Fsp3) is 0.375. The van der Waals surface area contributed by atoms with Crippen LogP contribution in [-0.2, 0) is 22.1 Å². The Hall–Kier alpha value is -1.57. The van der Waals surface area contributed by atoms with Crippen molar-refractivity contribution < 1.29 is 22.7 Å². The van der Waals surface area contributed by atoms with Crippen molar-refractivity contribution in [3.8, 4) is 0 Å². The van der Waals surface area contributed by atoms with Crippen LogP contribution in [0.4, 0.5) is 19.0 Å². The van der Waals surface area contributed by atoms with Crippen LogP contribution in [-0.4, -0.2) is 23.0 Å². The van der Waals surface area contributed by atoms with Crippen LogP contribution in [0.3, 0.4) is 0 Å². The molecule has 5 nitrogen and oxygen atoms in total. The van der Waals surface area contributed by atoms with Crippen molar-refractivity contribution in [1.82, 2.24) is 9.97 Å². The fourth-order valence-corrected chi connectivity index (χ4v) is 1.28. The third-order valence-corrected chi connectivity index (χ3v) is 2.01. The number of rotatable bonds is 4. The van der Waals surface area contributed by atoms with Gasteiger partial charge in [-0.05, 0) is 0 Å². The quantitative estimate of drug-likeness (QED) is 0.661. The number of ether oxygens (including phenoxy) is 1. The topological polar surface area (TPSA) is 78.1 Å². The highest BCUT2D eigenvalue weighted by Crippen LogP contribution is 2.33. The van der Waals surface area contributed by atoms with Crippen molar-refractivity contribution in [3.05, 3.63) is 16.5 Å². The Kier molecular flexibility index (Phi) is 4.11. The molecule has 1 aromatic heterocycles. The molecule has 0 aliphatic carbocycles. The van der Waals surface area contributed by atoms with E-state index in [1.807, 2.05) is 0 Å². The van der Waals surface area contributed by atoms with Crippen LogP contribution in [0.25, 0.3) is 0 Å². The van der Waals surface area contributed by atoms with Gasteiger partial charge in [-0.25, -0.2) is 9.97 Å². The number of carbonyl (C=O) groups excluding carboxylic acids is 1. The summed E-state index contributed by atoms with van der Waals surface area (Å²) >= 11 is 5.34. The van der Waals surface area contributed by atoms with Gasteiger partial charge in [0.15, 0.2) is 10.8 Å². The molecule has 0 spiro atoms. The molecule has 0 aliphatic rings. The first-order chi connectivity index (χ1) is 7.86. The van der Waals surface area contributed by atoms with Gasteiger partial charge in [-0.3, -0.25) is 4.79 Å². The van der Waals surface area contributed by atoms with Crippen LogP contribution < -0.4 is 5.73 Å². The maximum atomic E-state index is 12.4. The van der Waals surface area contributed by atoms with E-state index in [0.717, 1.165) is 0 Å². The smallest absolute Gasteiger partial charge is 0.436 e. The molecule has 0 aliphatic heterocycles. The average molecular weight is 270 g/mol.